The average Bonchev–Trinajstić information content (AvgIpc) is 3.28. The van der Waals surface area contributed by atoms with E-state index in [-0.39, 0.29) is 12.5 Å². The topological polar surface area (TPSA) is 65.1 Å². The molecule has 0 saturated heterocycles. The maximum Gasteiger partial charge on any atom is 0.534 e. The van der Waals surface area contributed by atoms with Crippen molar-refractivity contribution in [2.75, 3.05) is 6.54 Å². The first-order chi connectivity index (χ1) is 12.9. The lowest BCUT2D eigenvalue weighted by atomic mass is 10.2. The van der Waals surface area contributed by atoms with Gasteiger partial charge in [0.25, 0.3) is 0 Å². The molecule has 1 aliphatic rings. The van der Waals surface area contributed by atoms with E-state index in [4.69, 9.17) is 14.3 Å². The van der Waals surface area contributed by atoms with Gasteiger partial charge >= 0.3 is 12.2 Å². The van der Waals surface area contributed by atoms with Crippen LogP contribution in [0.4, 0.5) is 9.59 Å². The zero-order valence-electron chi connectivity index (χ0n) is 17.6. The normalized spacial score (nSPS) is 19.2. The van der Waals surface area contributed by atoms with Gasteiger partial charge in [-0.05, 0) is 65.4 Å². The lowest BCUT2D eigenvalue weighted by molar-refractivity contribution is -0.138. The zero-order valence-corrected chi connectivity index (χ0v) is 17.6. The van der Waals surface area contributed by atoms with Crippen LogP contribution in [0.5, 0.6) is 0 Å². The van der Waals surface area contributed by atoms with Crippen molar-refractivity contribution in [2.45, 2.75) is 59.2 Å². The molecule has 6 heteroatoms. The predicted molar refractivity (Wildman–Crippen MR) is 107 cm³/mol. The van der Waals surface area contributed by atoms with Crippen LogP contribution >= 0.6 is 0 Å². The van der Waals surface area contributed by atoms with Gasteiger partial charge in [-0.15, -0.1) is 5.06 Å². The van der Waals surface area contributed by atoms with Crippen LogP contribution in [-0.4, -0.2) is 35.1 Å². The third-order valence-electron chi connectivity index (χ3n) is 3.88. The van der Waals surface area contributed by atoms with Crippen LogP contribution in [0.15, 0.2) is 36.4 Å². The standard InChI is InChI=1S/C22H31NO5/c1-21(2,3)26-19(24)23(28-20(25)27-22(4,5)6)15-18-14-17(18)13-12-16-10-8-7-9-11-16/h7-13,17-18H,14-15H2,1-6H3/t17-,18+/m1/s1. The van der Waals surface area contributed by atoms with Gasteiger partial charge in [0.05, 0.1) is 6.54 Å². The van der Waals surface area contributed by atoms with Crippen LogP contribution in [0, 0.1) is 11.8 Å². The van der Waals surface area contributed by atoms with E-state index in [0.29, 0.717) is 5.92 Å². The largest absolute Gasteiger partial charge is 0.534 e. The maximum atomic E-state index is 12.5. The lowest BCUT2D eigenvalue weighted by Crippen LogP contribution is -2.40. The van der Waals surface area contributed by atoms with Gasteiger partial charge in [-0.25, -0.2) is 9.59 Å². The van der Waals surface area contributed by atoms with Crippen molar-refractivity contribution in [2.24, 2.45) is 11.8 Å². The molecule has 1 amide bonds. The Morgan fingerprint density at radius 3 is 2.21 bits per heavy atom. The highest BCUT2D eigenvalue weighted by atomic mass is 16.8. The van der Waals surface area contributed by atoms with E-state index in [9.17, 15) is 9.59 Å². The second-order valence-electron chi connectivity index (χ2n) is 9.03. The van der Waals surface area contributed by atoms with Gasteiger partial charge < -0.3 is 14.3 Å². The summed E-state index contributed by atoms with van der Waals surface area (Å²) in [5.74, 6) is 0.530. The molecule has 2 rings (SSSR count). The summed E-state index contributed by atoms with van der Waals surface area (Å²) in [6, 6.07) is 10.0. The molecule has 0 unspecified atom stereocenters. The molecule has 1 aromatic rings. The lowest BCUT2D eigenvalue weighted by Gasteiger charge is -2.27. The first-order valence-electron chi connectivity index (χ1n) is 9.58. The zero-order chi connectivity index (χ0) is 20.9. The molecule has 28 heavy (non-hydrogen) atoms. The van der Waals surface area contributed by atoms with E-state index in [2.05, 4.69) is 12.2 Å². The number of amides is 1. The number of ether oxygens (including phenoxy) is 2. The van der Waals surface area contributed by atoms with Crippen molar-refractivity contribution in [3.05, 3.63) is 42.0 Å². The van der Waals surface area contributed by atoms with Gasteiger partial charge in [0.2, 0.25) is 0 Å². The number of benzene rings is 1. The highest BCUT2D eigenvalue weighted by Crippen LogP contribution is 2.41. The maximum absolute atomic E-state index is 12.5. The number of hydrogen-bond donors (Lipinski definition) is 0. The molecular weight excluding hydrogens is 358 g/mol. The van der Waals surface area contributed by atoms with E-state index in [1.165, 1.54) is 0 Å². The molecule has 0 heterocycles. The highest BCUT2D eigenvalue weighted by molar-refractivity contribution is 5.70. The second kappa shape index (κ2) is 8.67. The summed E-state index contributed by atoms with van der Waals surface area (Å²) in [6.45, 7) is 10.8. The Bertz CT molecular complexity index is 700. The van der Waals surface area contributed by atoms with E-state index < -0.39 is 23.5 Å². The van der Waals surface area contributed by atoms with Gasteiger partial charge in [-0.1, -0.05) is 42.5 Å². The monoisotopic (exact) mass is 389 g/mol. The molecule has 0 spiro atoms. The number of nitrogens with zero attached hydrogens (tertiary/aromatic N) is 1. The van der Waals surface area contributed by atoms with Crippen LogP contribution in [0.25, 0.3) is 6.08 Å². The predicted octanol–water partition coefficient (Wildman–Crippen LogP) is 5.44. The minimum Gasteiger partial charge on any atom is -0.442 e. The Labute approximate surface area is 167 Å². The molecule has 6 nitrogen and oxygen atoms in total. The molecule has 154 valence electrons. The van der Waals surface area contributed by atoms with Crippen molar-refractivity contribution in [1.29, 1.82) is 0 Å². The Morgan fingerprint density at radius 2 is 1.64 bits per heavy atom. The summed E-state index contributed by atoms with van der Waals surface area (Å²) in [7, 11) is 0. The minimum absolute atomic E-state index is 0.204. The molecule has 0 bridgehead atoms. The molecule has 1 fully saturated rings. The number of carbonyl (C=O) groups is 2. The van der Waals surface area contributed by atoms with Crippen LogP contribution in [0.1, 0.15) is 53.5 Å². The number of carbonyl (C=O) groups excluding carboxylic acids is 2. The second-order valence-corrected chi connectivity index (χ2v) is 9.03. The van der Waals surface area contributed by atoms with Crippen molar-refractivity contribution >= 4 is 18.3 Å². The van der Waals surface area contributed by atoms with E-state index in [0.717, 1.165) is 17.0 Å². The quantitative estimate of drug-likeness (QED) is 0.507. The Kier molecular flexibility index (Phi) is 6.75. The minimum atomic E-state index is -0.921. The van der Waals surface area contributed by atoms with Crippen LogP contribution in [0.3, 0.4) is 0 Å². The van der Waals surface area contributed by atoms with Crippen LogP contribution in [0.2, 0.25) is 0 Å². The van der Waals surface area contributed by atoms with Crippen molar-refractivity contribution in [3.8, 4) is 0 Å². The van der Waals surface area contributed by atoms with Crippen LogP contribution < -0.4 is 0 Å². The van der Waals surface area contributed by atoms with Crippen LogP contribution in [-0.2, 0) is 14.3 Å². The van der Waals surface area contributed by atoms with Gasteiger partial charge in [-0.3, -0.25) is 0 Å². The number of hydrogen-bond acceptors (Lipinski definition) is 5. The molecule has 0 aliphatic heterocycles. The third kappa shape index (κ3) is 8.03. The first kappa shape index (κ1) is 21.8. The Balaban J connectivity index is 1.96. The van der Waals surface area contributed by atoms with E-state index >= 15 is 0 Å². The number of rotatable bonds is 4. The molecule has 2 atom stereocenters. The van der Waals surface area contributed by atoms with E-state index in [1.54, 1.807) is 41.5 Å². The summed E-state index contributed by atoms with van der Waals surface area (Å²) < 4.78 is 10.5. The third-order valence-corrected chi connectivity index (χ3v) is 3.88. The molecule has 0 N–H and O–H groups in total. The molecule has 0 radical (unpaired) electrons. The van der Waals surface area contributed by atoms with Crippen molar-refractivity contribution in [1.82, 2.24) is 5.06 Å². The fourth-order valence-corrected chi connectivity index (χ4v) is 2.55. The molecule has 0 aromatic heterocycles. The highest BCUT2D eigenvalue weighted by Gasteiger charge is 2.40. The molecule has 1 aromatic carbocycles. The summed E-state index contributed by atoms with van der Waals surface area (Å²) in [6.07, 6.45) is 3.49. The fraction of sp³-hybridized carbons (Fsp3) is 0.545. The molecule has 1 aliphatic carbocycles. The summed E-state index contributed by atoms with van der Waals surface area (Å²) in [5.41, 5.74) is -0.276. The smallest absolute Gasteiger partial charge is 0.442 e. The summed E-state index contributed by atoms with van der Waals surface area (Å²) in [4.78, 5) is 29.7. The molecule has 1 saturated carbocycles. The summed E-state index contributed by atoms with van der Waals surface area (Å²) >= 11 is 0. The van der Waals surface area contributed by atoms with Crippen molar-refractivity contribution in [3.63, 3.8) is 0 Å². The van der Waals surface area contributed by atoms with Gasteiger partial charge in [0.1, 0.15) is 11.2 Å². The Morgan fingerprint density at radius 1 is 1.04 bits per heavy atom. The number of hydroxylamine groups is 2. The summed E-state index contributed by atoms with van der Waals surface area (Å²) in [5, 5.41) is 0.973. The first-order valence-corrected chi connectivity index (χ1v) is 9.58. The molecular formula is C22H31NO5. The van der Waals surface area contributed by atoms with Crippen molar-refractivity contribution < 1.29 is 23.9 Å². The van der Waals surface area contributed by atoms with Gasteiger partial charge in [0, 0.05) is 0 Å². The SMILES string of the molecule is CC(C)(C)OC(=O)ON(C[C@@H]1C[C@H]1C=Cc1ccccc1)C(=O)OC(C)(C)C. The average molecular weight is 389 g/mol. The number of allylic oxidation sites excluding steroid dienone is 1. The fourth-order valence-electron chi connectivity index (χ4n) is 2.55. The van der Waals surface area contributed by atoms with Gasteiger partial charge in [0.15, 0.2) is 0 Å². The Hall–Kier alpha value is -2.50. The van der Waals surface area contributed by atoms with Gasteiger partial charge in [-0.2, -0.15) is 0 Å². The van der Waals surface area contributed by atoms with E-state index in [1.807, 2.05) is 30.3 Å².